The number of hydrogen-bond acceptors (Lipinski definition) is 5. The van der Waals surface area contributed by atoms with Crippen molar-refractivity contribution in [1.29, 1.82) is 0 Å². The van der Waals surface area contributed by atoms with Gasteiger partial charge >= 0.3 is 0 Å². The van der Waals surface area contributed by atoms with Gasteiger partial charge in [0.1, 0.15) is 11.4 Å². The molecule has 0 saturated carbocycles. The average molecular weight is 383 g/mol. The summed E-state index contributed by atoms with van der Waals surface area (Å²) in [6.07, 6.45) is 1.62. The van der Waals surface area contributed by atoms with E-state index in [0.29, 0.717) is 30.5 Å². The molecule has 2 amide bonds. The molecule has 2 fully saturated rings. The molecule has 2 aliphatic heterocycles. The summed E-state index contributed by atoms with van der Waals surface area (Å²) in [5, 5.41) is 7.14. The van der Waals surface area contributed by atoms with Crippen LogP contribution in [0.1, 0.15) is 23.3 Å². The first-order valence-corrected chi connectivity index (χ1v) is 9.58. The Labute approximate surface area is 163 Å². The zero-order valence-electron chi connectivity index (χ0n) is 15.9. The summed E-state index contributed by atoms with van der Waals surface area (Å²) in [7, 11) is 1.62. The first-order chi connectivity index (χ1) is 13.6. The molecule has 1 aromatic heterocycles. The van der Waals surface area contributed by atoms with Crippen LogP contribution < -0.4 is 10.5 Å². The van der Waals surface area contributed by atoms with Crippen molar-refractivity contribution in [2.45, 2.75) is 18.9 Å². The standard InChI is InChI=1S/C20H25N5O3/c1-28-18-5-3-2-4-15(18)16-10-17(23-22-16)20(27)25-11-14(12-25)24-8-6-13(7-9-24)19(21)26/h2-5,10,13-14H,6-9,11-12H2,1H3,(H2,21,26)(H,22,23). The highest BCUT2D eigenvalue weighted by atomic mass is 16.5. The molecule has 2 aliphatic rings. The molecule has 28 heavy (non-hydrogen) atoms. The molecule has 2 aromatic rings. The number of primary amides is 1. The Morgan fingerprint density at radius 2 is 1.93 bits per heavy atom. The number of nitrogens with one attached hydrogen (secondary N) is 1. The van der Waals surface area contributed by atoms with Gasteiger partial charge in [-0.3, -0.25) is 19.6 Å². The summed E-state index contributed by atoms with van der Waals surface area (Å²) in [6.45, 7) is 3.12. The van der Waals surface area contributed by atoms with E-state index in [1.54, 1.807) is 13.2 Å². The van der Waals surface area contributed by atoms with Crippen molar-refractivity contribution < 1.29 is 14.3 Å². The van der Waals surface area contributed by atoms with Crippen LogP contribution in [-0.4, -0.2) is 71.1 Å². The van der Waals surface area contributed by atoms with E-state index in [1.807, 2.05) is 29.2 Å². The zero-order valence-corrected chi connectivity index (χ0v) is 15.9. The number of aromatic amines is 1. The minimum absolute atomic E-state index is 0.00699. The van der Waals surface area contributed by atoms with E-state index in [0.717, 1.165) is 37.2 Å². The van der Waals surface area contributed by atoms with Gasteiger partial charge in [-0.05, 0) is 44.1 Å². The maximum atomic E-state index is 12.7. The van der Waals surface area contributed by atoms with E-state index < -0.39 is 0 Å². The second kappa shape index (κ2) is 7.63. The van der Waals surface area contributed by atoms with Gasteiger partial charge in [-0.25, -0.2) is 0 Å². The van der Waals surface area contributed by atoms with Gasteiger partial charge in [0.25, 0.3) is 5.91 Å². The van der Waals surface area contributed by atoms with Gasteiger partial charge in [0.15, 0.2) is 0 Å². The minimum Gasteiger partial charge on any atom is -0.496 e. The van der Waals surface area contributed by atoms with E-state index in [1.165, 1.54) is 0 Å². The van der Waals surface area contributed by atoms with Crippen LogP contribution in [0, 0.1) is 5.92 Å². The number of piperidine rings is 1. The van der Waals surface area contributed by atoms with Crippen LogP contribution in [-0.2, 0) is 4.79 Å². The molecule has 3 N–H and O–H groups in total. The molecule has 4 rings (SSSR count). The lowest BCUT2D eigenvalue weighted by molar-refractivity contribution is -0.123. The largest absolute Gasteiger partial charge is 0.496 e. The van der Waals surface area contributed by atoms with Crippen LogP contribution >= 0.6 is 0 Å². The summed E-state index contributed by atoms with van der Waals surface area (Å²) < 4.78 is 5.37. The lowest BCUT2D eigenvalue weighted by atomic mass is 9.93. The first-order valence-electron chi connectivity index (χ1n) is 9.58. The number of nitrogens with zero attached hydrogens (tertiary/aromatic N) is 3. The number of H-pyrrole nitrogens is 1. The Morgan fingerprint density at radius 1 is 1.21 bits per heavy atom. The maximum absolute atomic E-state index is 12.7. The fourth-order valence-corrected chi connectivity index (χ4v) is 4.00. The molecule has 1 aromatic carbocycles. The molecular weight excluding hydrogens is 358 g/mol. The number of carbonyl (C=O) groups excluding carboxylic acids is 2. The van der Waals surface area contributed by atoms with Gasteiger partial charge in [0, 0.05) is 30.6 Å². The molecule has 0 atom stereocenters. The molecule has 3 heterocycles. The van der Waals surface area contributed by atoms with E-state index >= 15 is 0 Å². The lowest BCUT2D eigenvalue weighted by Crippen LogP contribution is -2.62. The average Bonchev–Trinajstić information content (AvgIpc) is 3.17. The van der Waals surface area contributed by atoms with E-state index in [-0.39, 0.29) is 17.7 Å². The van der Waals surface area contributed by atoms with Crippen molar-refractivity contribution in [3.63, 3.8) is 0 Å². The van der Waals surface area contributed by atoms with Crippen LogP contribution in [0.25, 0.3) is 11.3 Å². The highest BCUT2D eigenvalue weighted by molar-refractivity contribution is 5.94. The molecule has 8 nitrogen and oxygen atoms in total. The molecule has 0 aliphatic carbocycles. The van der Waals surface area contributed by atoms with Crippen LogP contribution in [0.2, 0.25) is 0 Å². The van der Waals surface area contributed by atoms with Crippen molar-refractivity contribution >= 4 is 11.8 Å². The topological polar surface area (TPSA) is 105 Å². The second-order valence-corrected chi connectivity index (χ2v) is 7.44. The minimum atomic E-state index is -0.199. The van der Waals surface area contributed by atoms with Crippen molar-refractivity contribution in [3.8, 4) is 17.0 Å². The Balaban J connectivity index is 1.35. The molecule has 0 unspecified atom stereocenters. The molecule has 8 heteroatoms. The number of aromatic nitrogens is 2. The summed E-state index contributed by atoms with van der Waals surface area (Å²) >= 11 is 0. The van der Waals surface area contributed by atoms with Gasteiger partial charge in [-0.15, -0.1) is 0 Å². The smallest absolute Gasteiger partial charge is 0.271 e. The number of rotatable bonds is 5. The Morgan fingerprint density at radius 3 is 2.61 bits per heavy atom. The number of benzene rings is 1. The number of likely N-dealkylation sites (tertiary alicyclic amines) is 2. The summed E-state index contributed by atoms with van der Waals surface area (Å²) in [5.74, 6) is 0.468. The van der Waals surface area contributed by atoms with Gasteiger partial charge in [0.2, 0.25) is 5.91 Å². The van der Waals surface area contributed by atoms with Crippen molar-refractivity contribution in [1.82, 2.24) is 20.0 Å². The highest BCUT2D eigenvalue weighted by Gasteiger charge is 2.37. The highest BCUT2D eigenvalue weighted by Crippen LogP contribution is 2.29. The quantitative estimate of drug-likeness (QED) is 0.805. The number of hydrogen-bond donors (Lipinski definition) is 2. The summed E-state index contributed by atoms with van der Waals surface area (Å²) in [4.78, 5) is 28.2. The summed E-state index contributed by atoms with van der Waals surface area (Å²) in [5.41, 5.74) is 7.41. The fourth-order valence-electron chi connectivity index (χ4n) is 4.00. The normalized spacial score (nSPS) is 18.7. The fraction of sp³-hybridized carbons (Fsp3) is 0.450. The van der Waals surface area contributed by atoms with Gasteiger partial charge in [0.05, 0.1) is 12.8 Å². The maximum Gasteiger partial charge on any atom is 0.271 e. The van der Waals surface area contributed by atoms with E-state index in [2.05, 4.69) is 15.1 Å². The number of ether oxygens (including phenoxy) is 1. The lowest BCUT2D eigenvalue weighted by Gasteiger charge is -2.47. The van der Waals surface area contributed by atoms with Crippen molar-refractivity contribution in [2.75, 3.05) is 33.3 Å². The number of nitrogens with two attached hydrogens (primary N) is 1. The second-order valence-electron chi connectivity index (χ2n) is 7.44. The van der Waals surface area contributed by atoms with Crippen molar-refractivity contribution in [3.05, 3.63) is 36.0 Å². The third kappa shape index (κ3) is 3.47. The van der Waals surface area contributed by atoms with Gasteiger partial charge in [-0.2, -0.15) is 5.10 Å². The number of amides is 2. The number of para-hydroxylation sites is 1. The number of methoxy groups -OCH3 is 1. The van der Waals surface area contributed by atoms with E-state index in [9.17, 15) is 9.59 Å². The van der Waals surface area contributed by atoms with Crippen LogP contribution in [0.15, 0.2) is 30.3 Å². The summed E-state index contributed by atoms with van der Waals surface area (Å²) in [6, 6.07) is 9.72. The predicted octanol–water partition coefficient (Wildman–Crippen LogP) is 1.11. The monoisotopic (exact) mass is 383 g/mol. The molecular formula is C20H25N5O3. The number of carbonyl (C=O) groups is 2. The van der Waals surface area contributed by atoms with Crippen LogP contribution in [0.3, 0.4) is 0 Å². The van der Waals surface area contributed by atoms with Crippen LogP contribution in [0.5, 0.6) is 5.75 Å². The molecule has 148 valence electrons. The predicted molar refractivity (Wildman–Crippen MR) is 104 cm³/mol. The van der Waals surface area contributed by atoms with Crippen molar-refractivity contribution in [2.24, 2.45) is 11.7 Å². The van der Waals surface area contributed by atoms with Crippen LogP contribution in [0.4, 0.5) is 0 Å². The molecule has 2 saturated heterocycles. The SMILES string of the molecule is COc1ccccc1-c1cc(C(=O)N2CC(N3CCC(C(N)=O)CC3)C2)[nH]n1. The zero-order chi connectivity index (χ0) is 19.7. The molecule has 0 bridgehead atoms. The van der Waals surface area contributed by atoms with E-state index in [4.69, 9.17) is 10.5 Å². The van der Waals surface area contributed by atoms with Gasteiger partial charge in [-0.1, -0.05) is 12.1 Å². The Hall–Kier alpha value is -2.87. The molecule has 0 spiro atoms. The van der Waals surface area contributed by atoms with Gasteiger partial charge < -0.3 is 15.4 Å². The first kappa shape index (κ1) is 18.5. The third-order valence-corrected chi connectivity index (χ3v) is 5.79. The Bertz CT molecular complexity index is 866. The molecule has 0 radical (unpaired) electrons. The Kier molecular flexibility index (Phi) is 5.04. The third-order valence-electron chi connectivity index (χ3n) is 5.79.